The van der Waals surface area contributed by atoms with Gasteiger partial charge in [0.15, 0.2) is 0 Å². The van der Waals surface area contributed by atoms with E-state index in [1.165, 1.54) is 0 Å². The Kier molecular flexibility index (Phi) is 4.57. The Morgan fingerprint density at radius 3 is 2.14 bits per heavy atom. The van der Waals surface area contributed by atoms with E-state index in [1.54, 1.807) is 19.2 Å². The Balaban J connectivity index is 1.87. The first kappa shape index (κ1) is 17.8. The van der Waals surface area contributed by atoms with Gasteiger partial charge in [0.25, 0.3) is 0 Å². The van der Waals surface area contributed by atoms with Crippen LogP contribution in [0.15, 0.2) is 66.7 Å². The van der Waals surface area contributed by atoms with Crippen LogP contribution in [0, 0.1) is 0 Å². The second kappa shape index (κ2) is 7.19. The number of aryl methyl sites for hydroxylation is 1. The van der Waals surface area contributed by atoms with Gasteiger partial charge in [-0.3, -0.25) is 0 Å². The van der Waals surface area contributed by atoms with Crippen LogP contribution < -0.4 is 14.0 Å². The van der Waals surface area contributed by atoms with E-state index >= 15 is 0 Å². The number of methoxy groups -OCH3 is 1. The van der Waals surface area contributed by atoms with E-state index in [1.807, 2.05) is 66.2 Å². The number of carboxylic acid groups (broad SMARTS) is 1. The van der Waals surface area contributed by atoms with E-state index < -0.39 is 5.97 Å². The maximum Gasteiger partial charge on any atom is 0.337 e. The second-order valence-corrected chi connectivity index (χ2v) is 6.58. The lowest BCUT2D eigenvalue weighted by Crippen LogP contribution is -2.31. The lowest BCUT2D eigenvalue weighted by atomic mass is 10.0. The summed E-state index contributed by atoms with van der Waals surface area (Å²) in [6, 6.07) is 20.9. The van der Waals surface area contributed by atoms with Gasteiger partial charge in [-0.05, 0) is 29.8 Å². The summed E-state index contributed by atoms with van der Waals surface area (Å²) in [6.45, 7) is 0.419. The van der Waals surface area contributed by atoms with Gasteiger partial charge in [0.2, 0.25) is 11.0 Å². The molecule has 3 aromatic carbocycles. The number of pyridine rings is 1. The highest BCUT2D eigenvalue weighted by atomic mass is 16.5. The van der Waals surface area contributed by atoms with Gasteiger partial charge in [-0.25, -0.2) is 4.79 Å². The molecule has 0 aliphatic rings. The first-order valence-electron chi connectivity index (χ1n) is 8.92. The van der Waals surface area contributed by atoms with Gasteiger partial charge in [0.1, 0.15) is 25.2 Å². The molecule has 4 rings (SSSR count). The monoisotopic (exact) mass is 374 g/mol. The molecule has 0 aliphatic carbocycles. The summed E-state index contributed by atoms with van der Waals surface area (Å²) in [6.07, 6.45) is 0. The molecule has 0 saturated heterocycles. The van der Waals surface area contributed by atoms with E-state index in [9.17, 15) is 9.90 Å². The molecule has 0 bridgehead atoms. The van der Waals surface area contributed by atoms with Crippen LogP contribution in [0.2, 0.25) is 0 Å². The molecule has 0 saturated carbocycles. The topological polar surface area (TPSA) is 59.6 Å². The third-order valence-electron chi connectivity index (χ3n) is 4.90. The van der Waals surface area contributed by atoms with Gasteiger partial charge in [-0.15, -0.1) is 0 Å². The van der Waals surface area contributed by atoms with Crippen LogP contribution in [0.4, 0.5) is 0 Å². The predicted molar refractivity (Wildman–Crippen MR) is 107 cm³/mol. The number of carbonyl (C=O) groups is 1. The summed E-state index contributed by atoms with van der Waals surface area (Å²) in [4.78, 5) is 12.1. The summed E-state index contributed by atoms with van der Waals surface area (Å²) in [5.41, 5.74) is 2.94. The van der Waals surface area contributed by atoms with Crippen LogP contribution in [-0.2, 0) is 13.7 Å². The van der Waals surface area contributed by atoms with Crippen molar-refractivity contribution in [3.05, 3.63) is 77.9 Å². The molecular formula is C23H20NO4+. The normalized spacial score (nSPS) is 10.9. The number of rotatable bonds is 5. The highest BCUT2D eigenvalue weighted by molar-refractivity contribution is 6.12. The SMILES string of the molecule is COc1ccc2c(c1)c(C(=O)O)c1cc(OCc3ccccc3)ccc1[n+]2C. The summed E-state index contributed by atoms with van der Waals surface area (Å²) in [5, 5.41) is 11.2. The van der Waals surface area contributed by atoms with E-state index in [0.717, 1.165) is 16.6 Å². The molecule has 1 N–H and O–H groups in total. The minimum Gasteiger partial charge on any atom is -0.497 e. The van der Waals surface area contributed by atoms with E-state index in [0.29, 0.717) is 28.9 Å². The number of fused-ring (bicyclic) bond motifs is 2. The number of ether oxygens (including phenoxy) is 2. The number of aromatic carboxylic acids is 1. The molecule has 0 amide bonds. The Morgan fingerprint density at radius 2 is 1.54 bits per heavy atom. The zero-order valence-corrected chi connectivity index (χ0v) is 15.7. The highest BCUT2D eigenvalue weighted by Gasteiger charge is 2.23. The average molecular weight is 374 g/mol. The smallest absolute Gasteiger partial charge is 0.337 e. The van der Waals surface area contributed by atoms with Crippen molar-refractivity contribution in [2.24, 2.45) is 7.05 Å². The van der Waals surface area contributed by atoms with Gasteiger partial charge in [0, 0.05) is 12.1 Å². The van der Waals surface area contributed by atoms with Gasteiger partial charge in [0.05, 0.1) is 23.4 Å². The third-order valence-corrected chi connectivity index (χ3v) is 4.90. The van der Waals surface area contributed by atoms with Crippen molar-refractivity contribution in [2.75, 3.05) is 7.11 Å². The molecule has 1 aromatic heterocycles. The first-order valence-corrected chi connectivity index (χ1v) is 8.92. The summed E-state index contributed by atoms with van der Waals surface area (Å²) in [5.74, 6) is 0.260. The standard InChI is InChI=1S/C23H19NO4/c1-24-20-10-8-16(27-2)12-18(20)22(23(25)26)19-13-17(9-11-21(19)24)28-14-15-6-4-3-5-7-15/h3-13H,14H2,1-2H3/p+1. The Bertz CT molecular complexity index is 1190. The van der Waals surface area contributed by atoms with E-state index in [-0.39, 0.29) is 5.56 Å². The summed E-state index contributed by atoms with van der Waals surface area (Å²) < 4.78 is 13.2. The number of nitrogens with zero attached hydrogens (tertiary/aromatic N) is 1. The maximum absolute atomic E-state index is 12.1. The molecule has 1 heterocycles. The molecule has 140 valence electrons. The fraction of sp³-hybridized carbons (Fsp3) is 0.130. The molecular weight excluding hydrogens is 354 g/mol. The fourth-order valence-electron chi connectivity index (χ4n) is 3.48. The van der Waals surface area contributed by atoms with Crippen molar-refractivity contribution < 1.29 is 23.9 Å². The molecule has 4 aromatic rings. The van der Waals surface area contributed by atoms with Crippen LogP contribution in [0.5, 0.6) is 11.5 Å². The van der Waals surface area contributed by atoms with Crippen molar-refractivity contribution in [3.63, 3.8) is 0 Å². The predicted octanol–water partition coefficient (Wildman–Crippen LogP) is 4.10. The Hall–Kier alpha value is -3.60. The Labute approximate surface area is 162 Å². The number of carboxylic acids is 1. The molecule has 0 spiro atoms. The number of hydrogen-bond donors (Lipinski definition) is 1. The van der Waals surface area contributed by atoms with Gasteiger partial charge < -0.3 is 14.6 Å². The molecule has 0 atom stereocenters. The average Bonchev–Trinajstić information content (AvgIpc) is 2.72. The van der Waals surface area contributed by atoms with E-state index in [2.05, 4.69) is 0 Å². The van der Waals surface area contributed by atoms with Crippen molar-refractivity contribution in [3.8, 4) is 11.5 Å². The van der Waals surface area contributed by atoms with Crippen LogP contribution in [0.1, 0.15) is 15.9 Å². The fourth-order valence-corrected chi connectivity index (χ4v) is 3.48. The van der Waals surface area contributed by atoms with Crippen LogP contribution in [0.3, 0.4) is 0 Å². The molecule has 5 heteroatoms. The van der Waals surface area contributed by atoms with Crippen LogP contribution >= 0.6 is 0 Å². The van der Waals surface area contributed by atoms with Gasteiger partial charge in [-0.1, -0.05) is 30.3 Å². The van der Waals surface area contributed by atoms with Crippen molar-refractivity contribution in [2.45, 2.75) is 6.61 Å². The molecule has 0 unspecified atom stereocenters. The lowest BCUT2D eigenvalue weighted by molar-refractivity contribution is -0.617. The Morgan fingerprint density at radius 1 is 0.929 bits per heavy atom. The number of benzene rings is 3. The molecule has 28 heavy (non-hydrogen) atoms. The molecule has 5 nitrogen and oxygen atoms in total. The van der Waals surface area contributed by atoms with Crippen LogP contribution in [0.25, 0.3) is 21.8 Å². The van der Waals surface area contributed by atoms with Crippen molar-refractivity contribution in [1.29, 1.82) is 0 Å². The van der Waals surface area contributed by atoms with Gasteiger partial charge >= 0.3 is 5.97 Å². The van der Waals surface area contributed by atoms with E-state index in [4.69, 9.17) is 9.47 Å². The number of hydrogen-bond acceptors (Lipinski definition) is 3. The lowest BCUT2D eigenvalue weighted by Gasteiger charge is -2.11. The zero-order chi connectivity index (χ0) is 19.7. The van der Waals surface area contributed by atoms with Crippen molar-refractivity contribution >= 4 is 27.8 Å². The first-order chi connectivity index (χ1) is 13.6. The number of aromatic nitrogens is 1. The third kappa shape index (κ3) is 3.11. The second-order valence-electron chi connectivity index (χ2n) is 6.58. The largest absolute Gasteiger partial charge is 0.497 e. The minimum absolute atomic E-state index is 0.243. The molecule has 0 radical (unpaired) electrons. The molecule has 0 fully saturated rings. The van der Waals surface area contributed by atoms with Crippen molar-refractivity contribution in [1.82, 2.24) is 0 Å². The summed E-state index contributed by atoms with van der Waals surface area (Å²) >= 11 is 0. The van der Waals surface area contributed by atoms with Crippen LogP contribution in [-0.4, -0.2) is 18.2 Å². The minimum atomic E-state index is -0.982. The summed E-state index contributed by atoms with van der Waals surface area (Å²) in [7, 11) is 3.49. The van der Waals surface area contributed by atoms with Gasteiger partial charge in [-0.2, -0.15) is 4.57 Å². The zero-order valence-electron chi connectivity index (χ0n) is 15.7. The highest BCUT2D eigenvalue weighted by Crippen LogP contribution is 2.30. The molecule has 0 aliphatic heterocycles. The maximum atomic E-state index is 12.1. The quantitative estimate of drug-likeness (QED) is 0.422.